The van der Waals surface area contributed by atoms with E-state index in [1.807, 2.05) is 35.7 Å². The van der Waals surface area contributed by atoms with Crippen molar-refractivity contribution in [1.29, 1.82) is 0 Å². The molecule has 0 saturated carbocycles. The molecule has 29 heavy (non-hydrogen) atoms. The van der Waals surface area contributed by atoms with Gasteiger partial charge in [0.15, 0.2) is 0 Å². The zero-order chi connectivity index (χ0) is 19.8. The zero-order valence-electron chi connectivity index (χ0n) is 16.1. The molecule has 2 aromatic heterocycles. The van der Waals surface area contributed by atoms with Gasteiger partial charge >= 0.3 is 6.09 Å². The van der Waals surface area contributed by atoms with Crippen molar-refractivity contribution in [1.82, 2.24) is 9.97 Å². The molecule has 7 nitrogen and oxygen atoms in total. The summed E-state index contributed by atoms with van der Waals surface area (Å²) in [6.45, 7) is 3.57. The first-order valence-corrected chi connectivity index (χ1v) is 10.9. The van der Waals surface area contributed by atoms with Gasteiger partial charge in [0.05, 0.1) is 16.3 Å². The molecular weight excluding hydrogens is 386 g/mol. The summed E-state index contributed by atoms with van der Waals surface area (Å²) in [6.07, 6.45) is 3.90. The Bertz CT molecular complexity index is 1020. The van der Waals surface area contributed by atoms with Crippen molar-refractivity contribution in [3.63, 3.8) is 0 Å². The molecule has 2 fully saturated rings. The molecule has 150 valence electrons. The van der Waals surface area contributed by atoms with Crippen LogP contribution in [-0.2, 0) is 0 Å². The van der Waals surface area contributed by atoms with Crippen LogP contribution < -0.4 is 14.7 Å². The maximum Gasteiger partial charge on any atom is 0.412 e. The molecular formula is C21H23N5O2S. The van der Waals surface area contributed by atoms with E-state index in [0.717, 1.165) is 47.8 Å². The van der Waals surface area contributed by atoms with Crippen molar-refractivity contribution in [2.45, 2.75) is 25.3 Å². The topological polar surface area (TPSA) is 72.8 Å². The molecule has 5 rings (SSSR count). The second-order valence-corrected chi connectivity index (χ2v) is 8.50. The summed E-state index contributed by atoms with van der Waals surface area (Å²) in [7, 11) is 0. The van der Waals surface area contributed by atoms with E-state index in [2.05, 4.69) is 19.8 Å². The van der Waals surface area contributed by atoms with Gasteiger partial charge in [-0.2, -0.15) is 0 Å². The fraction of sp³-hybridized carbons (Fsp3) is 0.381. The molecule has 2 aliphatic heterocycles. The Morgan fingerprint density at radius 3 is 2.62 bits per heavy atom. The van der Waals surface area contributed by atoms with E-state index in [1.165, 1.54) is 23.4 Å². The van der Waals surface area contributed by atoms with Crippen LogP contribution in [0.4, 0.5) is 22.0 Å². The number of carboxylic acid groups (broad SMARTS) is 1. The Morgan fingerprint density at radius 1 is 1.07 bits per heavy atom. The Hall–Kier alpha value is -2.87. The summed E-state index contributed by atoms with van der Waals surface area (Å²) < 4.78 is 1.06. The van der Waals surface area contributed by atoms with E-state index in [-0.39, 0.29) is 6.04 Å². The molecule has 3 aromatic rings. The van der Waals surface area contributed by atoms with Gasteiger partial charge in [-0.25, -0.2) is 14.8 Å². The second-order valence-electron chi connectivity index (χ2n) is 7.58. The van der Waals surface area contributed by atoms with Gasteiger partial charge in [-0.05, 0) is 55.0 Å². The number of carbonyl (C=O) groups is 1. The number of benzene rings is 1. The van der Waals surface area contributed by atoms with Crippen LogP contribution >= 0.6 is 11.3 Å². The molecule has 8 heteroatoms. The summed E-state index contributed by atoms with van der Waals surface area (Å²) in [4.78, 5) is 27.0. The van der Waals surface area contributed by atoms with Gasteiger partial charge in [-0.1, -0.05) is 0 Å². The number of rotatable bonds is 4. The first-order chi connectivity index (χ1) is 14.2. The van der Waals surface area contributed by atoms with Crippen LogP contribution in [0.2, 0.25) is 0 Å². The fourth-order valence-corrected chi connectivity index (χ4v) is 5.28. The third-order valence-corrected chi connectivity index (χ3v) is 6.76. The number of hydrogen-bond donors (Lipinski definition) is 1. The van der Waals surface area contributed by atoms with Crippen LogP contribution in [0.15, 0.2) is 42.0 Å². The number of fused-ring (bicyclic) bond motifs is 1. The van der Waals surface area contributed by atoms with E-state index in [4.69, 9.17) is 0 Å². The normalized spacial score (nSPS) is 19.2. The molecule has 1 atom stereocenters. The molecule has 1 N–H and O–H groups in total. The maximum atomic E-state index is 12.1. The number of nitrogens with zero attached hydrogens (tertiary/aromatic N) is 5. The van der Waals surface area contributed by atoms with E-state index in [9.17, 15) is 9.90 Å². The van der Waals surface area contributed by atoms with Crippen LogP contribution in [0.5, 0.6) is 0 Å². The van der Waals surface area contributed by atoms with Crippen LogP contribution in [0.1, 0.15) is 19.3 Å². The molecule has 1 amide bonds. The standard InChI is InChI=1S/C21H23N5O2S/c27-21(28)26(16-5-3-15(4-6-16)24-9-1-2-10-24)17-7-11-25(13-17)20-19-18(8-12-29-19)22-14-23-20/h3-6,8,12,14,17H,1-2,7,9-11,13H2,(H,27,28). The van der Waals surface area contributed by atoms with E-state index >= 15 is 0 Å². The minimum absolute atomic E-state index is 0.102. The maximum absolute atomic E-state index is 12.1. The van der Waals surface area contributed by atoms with E-state index in [0.29, 0.717) is 6.54 Å². The highest BCUT2D eigenvalue weighted by Gasteiger charge is 2.33. The summed E-state index contributed by atoms with van der Waals surface area (Å²) in [6, 6.07) is 9.85. The fourth-order valence-electron chi connectivity index (χ4n) is 4.42. The molecule has 4 heterocycles. The summed E-state index contributed by atoms with van der Waals surface area (Å²) in [5.74, 6) is 0.905. The summed E-state index contributed by atoms with van der Waals surface area (Å²) in [5.41, 5.74) is 2.85. The molecule has 0 bridgehead atoms. The minimum Gasteiger partial charge on any atom is -0.465 e. The Labute approximate surface area is 173 Å². The second kappa shape index (κ2) is 7.51. The Kier molecular flexibility index (Phi) is 4.71. The first-order valence-electron chi connectivity index (χ1n) is 10.0. The summed E-state index contributed by atoms with van der Waals surface area (Å²) in [5, 5.41) is 12.0. The third-order valence-electron chi connectivity index (χ3n) is 5.86. The van der Waals surface area contributed by atoms with Crippen molar-refractivity contribution < 1.29 is 9.90 Å². The number of anilines is 3. The van der Waals surface area contributed by atoms with Crippen molar-refractivity contribution in [3.05, 3.63) is 42.0 Å². The third kappa shape index (κ3) is 3.37. The molecule has 0 spiro atoms. The van der Waals surface area contributed by atoms with Crippen LogP contribution in [0, 0.1) is 0 Å². The van der Waals surface area contributed by atoms with E-state index in [1.54, 1.807) is 17.7 Å². The summed E-state index contributed by atoms with van der Waals surface area (Å²) >= 11 is 1.63. The lowest BCUT2D eigenvalue weighted by molar-refractivity contribution is 0.199. The minimum atomic E-state index is -0.908. The number of aromatic nitrogens is 2. The largest absolute Gasteiger partial charge is 0.465 e. The lowest BCUT2D eigenvalue weighted by atomic mass is 10.2. The van der Waals surface area contributed by atoms with Crippen LogP contribution in [-0.4, -0.2) is 53.4 Å². The molecule has 0 aliphatic carbocycles. The SMILES string of the molecule is O=C(O)N(c1ccc(N2CCCC2)cc1)C1CCN(c2ncnc3ccsc23)C1. The van der Waals surface area contributed by atoms with Gasteiger partial charge in [0.25, 0.3) is 0 Å². The van der Waals surface area contributed by atoms with Crippen molar-refractivity contribution >= 4 is 44.8 Å². The molecule has 1 aromatic carbocycles. The molecule has 2 aliphatic rings. The first kappa shape index (κ1) is 18.2. The predicted molar refractivity (Wildman–Crippen MR) is 116 cm³/mol. The van der Waals surface area contributed by atoms with Crippen LogP contribution in [0.3, 0.4) is 0 Å². The molecule has 2 saturated heterocycles. The average Bonchev–Trinajstić information content (AvgIpc) is 3.49. The molecule has 0 radical (unpaired) electrons. The lowest BCUT2D eigenvalue weighted by Crippen LogP contribution is -2.41. The monoisotopic (exact) mass is 409 g/mol. The number of amides is 1. The van der Waals surface area contributed by atoms with Crippen molar-refractivity contribution in [3.8, 4) is 0 Å². The average molecular weight is 410 g/mol. The Balaban J connectivity index is 1.37. The zero-order valence-corrected chi connectivity index (χ0v) is 16.9. The van der Waals surface area contributed by atoms with Gasteiger partial charge in [-0.15, -0.1) is 11.3 Å². The van der Waals surface area contributed by atoms with Gasteiger partial charge in [0, 0.05) is 37.6 Å². The van der Waals surface area contributed by atoms with Gasteiger partial charge in [0.2, 0.25) is 0 Å². The lowest BCUT2D eigenvalue weighted by Gasteiger charge is -2.27. The Morgan fingerprint density at radius 2 is 1.86 bits per heavy atom. The highest BCUT2D eigenvalue weighted by atomic mass is 32.1. The van der Waals surface area contributed by atoms with E-state index < -0.39 is 6.09 Å². The smallest absolute Gasteiger partial charge is 0.412 e. The van der Waals surface area contributed by atoms with Gasteiger partial charge in [0.1, 0.15) is 12.1 Å². The highest BCUT2D eigenvalue weighted by Crippen LogP contribution is 2.33. The van der Waals surface area contributed by atoms with Gasteiger partial charge < -0.3 is 14.9 Å². The highest BCUT2D eigenvalue weighted by molar-refractivity contribution is 7.17. The van der Waals surface area contributed by atoms with Gasteiger partial charge in [-0.3, -0.25) is 4.90 Å². The predicted octanol–water partition coefficient (Wildman–Crippen LogP) is 4.05. The van der Waals surface area contributed by atoms with Crippen molar-refractivity contribution in [2.75, 3.05) is 40.9 Å². The number of thiophene rings is 1. The van der Waals surface area contributed by atoms with Crippen LogP contribution in [0.25, 0.3) is 10.2 Å². The molecule has 1 unspecified atom stereocenters. The van der Waals surface area contributed by atoms with Crippen molar-refractivity contribution in [2.24, 2.45) is 0 Å². The number of hydrogen-bond acceptors (Lipinski definition) is 6. The quantitative estimate of drug-likeness (QED) is 0.701.